The molecule has 0 radical (unpaired) electrons. The molecule has 2 atom stereocenters. The zero-order valence-electron chi connectivity index (χ0n) is 10.5. The molecule has 2 heterocycles. The smallest absolute Gasteiger partial charge is 0.330 e. The van der Waals surface area contributed by atoms with Crippen LogP contribution in [0.4, 0.5) is 4.39 Å². The van der Waals surface area contributed by atoms with Crippen molar-refractivity contribution >= 4 is 5.97 Å². The van der Waals surface area contributed by atoms with Crippen molar-refractivity contribution in [1.82, 2.24) is 9.55 Å². The largest absolute Gasteiger partial charge is 0.462 e. The lowest BCUT2D eigenvalue weighted by Crippen LogP contribution is -2.34. The van der Waals surface area contributed by atoms with E-state index in [-0.39, 0.29) is 13.2 Å². The van der Waals surface area contributed by atoms with Gasteiger partial charge in [0.2, 0.25) is 5.82 Å². The third kappa shape index (κ3) is 3.11. The summed E-state index contributed by atoms with van der Waals surface area (Å²) in [6.45, 7) is -0.201. The van der Waals surface area contributed by atoms with Crippen LogP contribution in [-0.4, -0.2) is 34.8 Å². The first-order valence-electron chi connectivity index (χ1n) is 6.03. The van der Waals surface area contributed by atoms with E-state index in [9.17, 15) is 18.8 Å². The molecular formula is C11H14FN3O5. The van der Waals surface area contributed by atoms with E-state index in [1.807, 2.05) is 4.98 Å². The number of aromatic amines is 1. The zero-order valence-corrected chi connectivity index (χ0v) is 10.5. The van der Waals surface area contributed by atoms with E-state index in [1.165, 1.54) is 0 Å². The monoisotopic (exact) mass is 287 g/mol. The quantitative estimate of drug-likeness (QED) is 0.676. The highest BCUT2D eigenvalue weighted by atomic mass is 19.1. The van der Waals surface area contributed by atoms with Gasteiger partial charge in [0.1, 0.15) is 12.8 Å². The van der Waals surface area contributed by atoms with E-state index in [1.54, 1.807) is 0 Å². The summed E-state index contributed by atoms with van der Waals surface area (Å²) in [5.41, 5.74) is 3.27. The molecule has 1 aromatic heterocycles. The maximum atomic E-state index is 13.2. The number of esters is 1. The summed E-state index contributed by atoms with van der Waals surface area (Å²) < 4.78 is 24.4. The van der Waals surface area contributed by atoms with Gasteiger partial charge in [0.15, 0.2) is 0 Å². The summed E-state index contributed by atoms with van der Waals surface area (Å²) in [6.07, 6.45) is 0.694. The number of ether oxygens (including phenoxy) is 2. The zero-order chi connectivity index (χ0) is 14.7. The number of aromatic nitrogens is 2. The van der Waals surface area contributed by atoms with Gasteiger partial charge in [-0.3, -0.25) is 19.1 Å². The predicted molar refractivity (Wildman–Crippen MR) is 64.4 cm³/mol. The Bertz CT molecular complexity index is 611. The van der Waals surface area contributed by atoms with Gasteiger partial charge >= 0.3 is 11.7 Å². The Labute approximate surface area is 112 Å². The lowest BCUT2D eigenvalue weighted by Gasteiger charge is -2.15. The average molecular weight is 287 g/mol. The first-order valence-corrected chi connectivity index (χ1v) is 6.03. The van der Waals surface area contributed by atoms with Crippen molar-refractivity contribution in [3.63, 3.8) is 0 Å². The van der Waals surface area contributed by atoms with E-state index in [0.717, 1.165) is 10.8 Å². The summed E-state index contributed by atoms with van der Waals surface area (Å²) >= 11 is 0. The third-order valence-corrected chi connectivity index (χ3v) is 2.92. The number of hydrogen-bond acceptors (Lipinski definition) is 6. The van der Waals surface area contributed by atoms with Crippen molar-refractivity contribution in [1.29, 1.82) is 0 Å². The molecule has 1 aliphatic heterocycles. The molecule has 2 unspecified atom stereocenters. The minimum Gasteiger partial charge on any atom is -0.462 e. The molecule has 110 valence electrons. The van der Waals surface area contributed by atoms with E-state index < -0.39 is 35.4 Å². The maximum absolute atomic E-state index is 13.2. The minimum atomic E-state index is -1.07. The van der Waals surface area contributed by atoms with E-state index in [4.69, 9.17) is 15.2 Å². The van der Waals surface area contributed by atoms with Crippen molar-refractivity contribution in [2.24, 2.45) is 5.73 Å². The summed E-state index contributed by atoms with van der Waals surface area (Å²) in [5.74, 6) is -1.62. The van der Waals surface area contributed by atoms with Gasteiger partial charge in [0.25, 0.3) is 5.56 Å². The van der Waals surface area contributed by atoms with Gasteiger partial charge in [0, 0.05) is 0 Å². The Hall–Kier alpha value is -2.00. The van der Waals surface area contributed by atoms with Gasteiger partial charge in [-0.15, -0.1) is 0 Å². The van der Waals surface area contributed by atoms with Crippen LogP contribution < -0.4 is 17.0 Å². The van der Waals surface area contributed by atoms with Gasteiger partial charge in [-0.1, -0.05) is 0 Å². The molecule has 0 aromatic carbocycles. The van der Waals surface area contributed by atoms with Gasteiger partial charge in [-0.05, 0) is 12.8 Å². The second kappa shape index (κ2) is 5.97. The minimum absolute atomic E-state index is 0.0210. The Morgan fingerprint density at radius 3 is 3.00 bits per heavy atom. The normalized spacial score (nSPS) is 21.9. The van der Waals surface area contributed by atoms with Crippen LogP contribution in [0.5, 0.6) is 0 Å². The number of nitrogens with two attached hydrogens (primary N) is 1. The van der Waals surface area contributed by atoms with Crippen molar-refractivity contribution in [3.05, 3.63) is 32.9 Å². The molecular weight excluding hydrogens is 273 g/mol. The Balaban J connectivity index is 2.03. The highest BCUT2D eigenvalue weighted by molar-refractivity contribution is 5.71. The molecule has 1 fully saturated rings. The molecule has 0 amide bonds. The van der Waals surface area contributed by atoms with Crippen LogP contribution in [0.3, 0.4) is 0 Å². The lowest BCUT2D eigenvalue weighted by atomic mass is 10.2. The van der Waals surface area contributed by atoms with Gasteiger partial charge in [-0.25, -0.2) is 4.79 Å². The van der Waals surface area contributed by atoms with Crippen LogP contribution in [0.25, 0.3) is 0 Å². The van der Waals surface area contributed by atoms with Crippen molar-refractivity contribution in [2.45, 2.75) is 25.2 Å². The average Bonchev–Trinajstić information content (AvgIpc) is 2.88. The molecule has 9 heteroatoms. The van der Waals surface area contributed by atoms with E-state index in [2.05, 4.69) is 0 Å². The number of hydrogen-bond donors (Lipinski definition) is 2. The highest BCUT2D eigenvalue weighted by Gasteiger charge is 2.28. The maximum Gasteiger partial charge on any atom is 0.330 e. The van der Waals surface area contributed by atoms with E-state index in [0.29, 0.717) is 12.8 Å². The number of nitrogens with zero attached hydrogens (tertiary/aromatic N) is 1. The predicted octanol–water partition coefficient (Wildman–Crippen LogP) is -1.14. The van der Waals surface area contributed by atoms with Gasteiger partial charge in [0.05, 0.1) is 18.8 Å². The molecule has 2 rings (SSSR count). The molecule has 20 heavy (non-hydrogen) atoms. The fourth-order valence-electron chi connectivity index (χ4n) is 1.93. The molecule has 1 aliphatic rings. The molecule has 8 nitrogen and oxygen atoms in total. The van der Waals surface area contributed by atoms with Crippen molar-refractivity contribution in [3.8, 4) is 0 Å². The summed E-state index contributed by atoms with van der Waals surface area (Å²) in [7, 11) is 0. The van der Waals surface area contributed by atoms with Crippen LogP contribution in [0.15, 0.2) is 15.8 Å². The fraction of sp³-hybridized carbons (Fsp3) is 0.545. The second-order valence-corrected chi connectivity index (χ2v) is 4.32. The van der Waals surface area contributed by atoms with E-state index >= 15 is 0 Å². The lowest BCUT2D eigenvalue weighted by molar-refractivity contribution is -0.146. The number of nitrogens with one attached hydrogen (secondary N) is 1. The molecule has 0 saturated carbocycles. The van der Waals surface area contributed by atoms with Crippen molar-refractivity contribution < 1.29 is 18.7 Å². The standard InChI is InChI=1S/C11H14FN3O5/c12-7-4-15(11(18)14-10(7)17)8-2-1-6(20-8)5-19-9(16)3-13/h4,6,8H,1-3,5,13H2,(H,14,17,18). The topological polar surface area (TPSA) is 116 Å². The van der Waals surface area contributed by atoms with Gasteiger partial charge in [-0.2, -0.15) is 4.39 Å². The summed E-state index contributed by atoms with van der Waals surface area (Å²) in [6, 6.07) is 0. The molecule has 0 bridgehead atoms. The Morgan fingerprint density at radius 1 is 1.55 bits per heavy atom. The number of rotatable bonds is 4. The first kappa shape index (κ1) is 14.4. The first-order chi connectivity index (χ1) is 9.51. The molecule has 0 aliphatic carbocycles. The molecule has 1 saturated heterocycles. The van der Waals surface area contributed by atoms with Crippen molar-refractivity contribution in [2.75, 3.05) is 13.2 Å². The van der Waals surface area contributed by atoms with Crippen LogP contribution in [-0.2, 0) is 14.3 Å². The second-order valence-electron chi connectivity index (χ2n) is 4.32. The third-order valence-electron chi connectivity index (χ3n) is 2.92. The van der Waals surface area contributed by atoms with Crippen LogP contribution in [0.2, 0.25) is 0 Å². The Morgan fingerprint density at radius 2 is 2.30 bits per heavy atom. The number of halogens is 1. The molecule has 1 aromatic rings. The van der Waals surface area contributed by atoms with Crippen LogP contribution in [0.1, 0.15) is 19.1 Å². The number of carbonyl (C=O) groups excluding carboxylic acids is 1. The number of carbonyl (C=O) groups is 1. The Kier molecular flexibility index (Phi) is 4.30. The molecule has 3 N–H and O–H groups in total. The summed E-state index contributed by atoms with van der Waals surface area (Å²) in [4.78, 5) is 35.2. The highest BCUT2D eigenvalue weighted by Crippen LogP contribution is 2.27. The number of H-pyrrole nitrogens is 1. The van der Waals surface area contributed by atoms with Gasteiger partial charge < -0.3 is 15.2 Å². The SMILES string of the molecule is NCC(=O)OCC1CCC(n2cc(F)c(=O)[nH]c2=O)O1. The molecule has 0 spiro atoms. The van der Waals surface area contributed by atoms with Crippen LogP contribution >= 0.6 is 0 Å². The summed E-state index contributed by atoms with van der Waals surface area (Å²) in [5, 5.41) is 0. The van der Waals surface area contributed by atoms with Crippen LogP contribution in [0, 0.1) is 5.82 Å². The fourth-order valence-corrected chi connectivity index (χ4v) is 1.93.